The highest BCUT2D eigenvalue weighted by Gasteiger charge is 2.47. The Kier molecular flexibility index (Phi) is 5.06. The van der Waals surface area contributed by atoms with Gasteiger partial charge in [0.05, 0.1) is 39.8 Å². The van der Waals surface area contributed by atoms with E-state index < -0.39 is 0 Å². The molecule has 55 heavy (non-hydrogen) atoms. The molecule has 0 saturated heterocycles. The Bertz CT molecular complexity index is 2950. The van der Waals surface area contributed by atoms with Gasteiger partial charge in [-0.25, -0.2) is 0 Å². The molecule has 0 N–H and O–H groups in total. The second kappa shape index (κ2) is 9.53. The van der Waals surface area contributed by atoms with Crippen LogP contribution < -0.4 is 0 Å². The zero-order valence-electron chi connectivity index (χ0n) is 31.7. The molecule has 0 aliphatic heterocycles. The molecule has 6 fully saturated rings. The van der Waals surface area contributed by atoms with Crippen LogP contribution in [-0.2, 0) is 0 Å². The van der Waals surface area contributed by atoms with Crippen LogP contribution in [0.1, 0.15) is 171 Å². The molecule has 6 saturated carbocycles. The molecule has 6 unspecified atom stereocenters. The summed E-state index contributed by atoms with van der Waals surface area (Å²) >= 11 is 0. The van der Waals surface area contributed by atoms with Crippen molar-refractivity contribution >= 4 is 60.0 Å². The molecule has 0 radical (unpaired) electrons. The molecule has 0 spiro atoms. The van der Waals surface area contributed by atoms with E-state index in [0.29, 0.717) is 35.5 Å². The van der Waals surface area contributed by atoms with Crippen LogP contribution >= 0.6 is 0 Å². The van der Waals surface area contributed by atoms with Crippen molar-refractivity contribution in [3.63, 3.8) is 0 Å². The number of furan rings is 1. The van der Waals surface area contributed by atoms with Gasteiger partial charge in [-0.2, -0.15) is 5.26 Å². The van der Waals surface area contributed by atoms with Crippen molar-refractivity contribution in [2.24, 2.45) is 35.5 Å². The second-order valence-corrected chi connectivity index (χ2v) is 21.4. The summed E-state index contributed by atoms with van der Waals surface area (Å²) in [7, 11) is 0. The van der Waals surface area contributed by atoms with Crippen LogP contribution in [-0.4, -0.2) is 9.38 Å². The Balaban J connectivity index is 1.10. The molecule has 4 nitrogen and oxygen atoms in total. The topological polar surface area (TPSA) is 54.2 Å². The Labute approximate surface area is 321 Å². The molecule has 4 heterocycles. The van der Waals surface area contributed by atoms with Gasteiger partial charge in [0.25, 0.3) is 0 Å². The Hall–Kier alpha value is -4.10. The van der Waals surface area contributed by atoms with Crippen molar-refractivity contribution in [2.75, 3.05) is 0 Å². The van der Waals surface area contributed by atoms with Crippen LogP contribution in [0, 0.1) is 46.8 Å². The second-order valence-electron chi connectivity index (χ2n) is 21.4. The molecule has 4 aromatic heterocycles. The molecule has 272 valence electrons. The summed E-state index contributed by atoms with van der Waals surface area (Å²) in [5.41, 5.74) is 16.3. The molecule has 12 aliphatic carbocycles. The van der Waals surface area contributed by atoms with E-state index in [9.17, 15) is 5.26 Å². The number of hydrogen-bond acceptors (Lipinski definition) is 3. The maximum atomic E-state index is 11.0. The lowest BCUT2D eigenvalue weighted by Gasteiger charge is -2.38. The van der Waals surface area contributed by atoms with E-state index in [1.54, 1.807) is 16.7 Å². The predicted octanol–water partition coefficient (Wildman–Crippen LogP) is 13.2. The summed E-state index contributed by atoms with van der Waals surface area (Å²) in [5.74, 6) is 8.79. The summed E-state index contributed by atoms with van der Waals surface area (Å²) in [6.45, 7) is 0. The van der Waals surface area contributed by atoms with Crippen LogP contribution in [0.3, 0.4) is 0 Å². The van der Waals surface area contributed by atoms with Gasteiger partial charge < -0.3 is 8.82 Å². The first-order chi connectivity index (χ1) is 27.1. The van der Waals surface area contributed by atoms with E-state index in [1.165, 1.54) is 162 Å². The average Bonchev–Trinajstić information content (AvgIpc) is 3.69. The van der Waals surface area contributed by atoms with Crippen LogP contribution in [0.5, 0.6) is 0 Å². The normalized spacial score (nSPS) is 37.4. The first kappa shape index (κ1) is 29.2. The van der Waals surface area contributed by atoms with E-state index >= 15 is 0 Å². The van der Waals surface area contributed by atoms with Crippen molar-refractivity contribution in [1.29, 1.82) is 5.26 Å². The van der Waals surface area contributed by atoms with Gasteiger partial charge in [-0.3, -0.25) is 4.98 Å². The maximum absolute atomic E-state index is 11.0. The smallest absolute Gasteiger partial charge is 0.145 e. The first-order valence-corrected chi connectivity index (χ1v) is 22.6. The van der Waals surface area contributed by atoms with E-state index in [4.69, 9.17) is 9.40 Å². The molecule has 7 aromatic rings. The van der Waals surface area contributed by atoms with Gasteiger partial charge in [-0.1, -0.05) is 0 Å². The molecule has 12 aliphatic rings. The van der Waals surface area contributed by atoms with E-state index in [0.717, 1.165) is 52.2 Å². The van der Waals surface area contributed by atoms with Crippen LogP contribution in [0.2, 0.25) is 0 Å². The largest absolute Gasteiger partial charge is 0.455 e. The molecule has 3 aromatic carbocycles. The standard InChI is InChI=1S/C51H47N3O/c52-20-34-16-40-47(44-31-10-24-2-25(11-31)9-30(8-24)43(34)44)48-50-39(46-41(54(40)50)21-53-49-33-14-26-3-27(15-33)13-32(12-26)45(46)49)18-38-37-17-35-28-4-22-1-23(5-28)7-29(6-22)36(35)19-42(37)55-51(38)48/h16-19,21-33H,1-15H2. The fourth-order valence-electron chi connectivity index (χ4n) is 17.5. The van der Waals surface area contributed by atoms with E-state index in [1.807, 2.05) is 0 Å². The van der Waals surface area contributed by atoms with Crippen molar-refractivity contribution in [3.8, 4) is 6.07 Å². The summed E-state index contributed by atoms with van der Waals surface area (Å²) in [5, 5.41) is 19.4. The number of aromatic nitrogens is 2. The van der Waals surface area contributed by atoms with Gasteiger partial charge in [0.15, 0.2) is 0 Å². The zero-order valence-corrected chi connectivity index (χ0v) is 31.7. The number of pyridine rings is 1. The van der Waals surface area contributed by atoms with Crippen molar-refractivity contribution in [1.82, 2.24) is 9.38 Å². The Morgan fingerprint density at radius 3 is 1.76 bits per heavy atom. The highest BCUT2D eigenvalue weighted by molar-refractivity contribution is 6.34. The van der Waals surface area contributed by atoms with Gasteiger partial charge in [0, 0.05) is 38.5 Å². The molecule has 4 heteroatoms. The number of fused-ring (bicyclic) bond motifs is 10. The highest BCUT2D eigenvalue weighted by atomic mass is 16.3. The minimum Gasteiger partial charge on any atom is -0.455 e. The fourth-order valence-corrected chi connectivity index (χ4v) is 17.5. The average molecular weight is 718 g/mol. The summed E-state index contributed by atoms with van der Waals surface area (Å²) in [6.07, 6.45) is 22.6. The fraction of sp³-hybridized carbons (Fsp3) is 0.529. The number of nitrogens with zero attached hydrogens (tertiary/aromatic N) is 3. The lowest BCUT2D eigenvalue weighted by molar-refractivity contribution is 0.165. The van der Waals surface area contributed by atoms with Crippen molar-refractivity contribution in [3.05, 3.63) is 69.5 Å². The third kappa shape index (κ3) is 3.42. The molecule has 6 atom stereocenters. The van der Waals surface area contributed by atoms with Gasteiger partial charge in [-0.15, -0.1) is 0 Å². The van der Waals surface area contributed by atoms with Gasteiger partial charge in [0.2, 0.25) is 0 Å². The highest BCUT2D eigenvalue weighted by Crippen LogP contribution is 2.63. The lowest BCUT2D eigenvalue weighted by Crippen LogP contribution is -2.25. The van der Waals surface area contributed by atoms with Gasteiger partial charge in [0.1, 0.15) is 11.2 Å². The van der Waals surface area contributed by atoms with Crippen LogP contribution in [0.25, 0.3) is 60.0 Å². The van der Waals surface area contributed by atoms with Crippen LogP contribution in [0.15, 0.2) is 34.9 Å². The third-order valence-corrected chi connectivity index (χ3v) is 18.7. The molecule has 19 rings (SSSR count). The molecule has 12 bridgehead atoms. The van der Waals surface area contributed by atoms with Gasteiger partial charge >= 0.3 is 0 Å². The summed E-state index contributed by atoms with van der Waals surface area (Å²) < 4.78 is 10.0. The maximum Gasteiger partial charge on any atom is 0.145 e. The molecule has 0 amide bonds. The monoisotopic (exact) mass is 717 g/mol. The zero-order chi connectivity index (χ0) is 35.2. The minimum absolute atomic E-state index is 0.512. The van der Waals surface area contributed by atoms with Crippen molar-refractivity contribution < 1.29 is 4.42 Å². The lowest BCUT2D eigenvalue weighted by atomic mass is 9.67. The van der Waals surface area contributed by atoms with E-state index in [-0.39, 0.29) is 0 Å². The third-order valence-electron chi connectivity index (χ3n) is 18.7. The SMILES string of the molecule is N#Cc1cc2c(c3c1C1CC4CC(C1)CC3C4)c1c3oc4cc5c(cc4c3cc3c4c6c(ncc4n2c31)C1CC2CC(C1)CC6C2)C1CC2CC(CC5C2)C1. The summed E-state index contributed by atoms with van der Waals surface area (Å²) in [6, 6.07) is 13.0. The quantitative estimate of drug-likeness (QED) is 0.157. The van der Waals surface area contributed by atoms with Gasteiger partial charge in [-0.05, 0) is 213 Å². The number of hydrogen-bond donors (Lipinski definition) is 0. The number of nitriles is 1. The Morgan fingerprint density at radius 2 is 1.11 bits per heavy atom. The van der Waals surface area contributed by atoms with Crippen molar-refractivity contribution in [2.45, 2.75) is 132 Å². The van der Waals surface area contributed by atoms with E-state index in [2.05, 4.69) is 40.9 Å². The number of benzene rings is 3. The first-order valence-electron chi connectivity index (χ1n) is 22.6. The molecular formula is C51H47N3O. The summed E-state index contributed by atoms with van der Waals surface area (Å²) in [4.78, 5) is 5.51. The Morgan fingerprint density at radius 1 is 0.527 bits per heavy atom. The molecular weight excluding hydrogens is 671 g/mol. The minimum atomic E-state index is 0.512. The van der Waals surface area contributed by atoms with Crippen LogP contribution in [0.4, 0.5) is 0 Å². The predicted molar refractivity (Wildman–Crippen MR) is 218 cm³/mol. The number of rotatable bonds is 0.